The standard InChI is InChI=1S/C3H10N2/c1-3(5)2-4/h3H,2,4-5H2,1H3/i2D2,3D. The van der Waals surface area contributed by atoms with Gasteiger partial charge in [-0.1, -0.05) is 0 Å². The SMILES string of the molecule is [2H]C([2H])(N)C([2H])(C)N. The van der Waals surface area contributed by atoms with Crippen molar-refractivity contribution in [3.8, 4) is 0 Å². The quantitative estimate of drug-likeness (QED) is 0.434. The van der Waals surface area contributed by atoms with Crippen molar-refractivity contribution in [3.63, 3.8) is 0 Å². The Kier molecular flexibility index (Phi) is 0.687. The number of hydrogen-bond donors (Lipinski definition) is 2. The molecule has 0 fully saturated rings. The summed E-state index contributed by atoms with van der Waals surface area (Å²) in [6.07, 6.45) is 0. The molecule has 32 valence electrons. The van der Waals surface area contributed by atoms with E-state index in [1.165, 1.54) is 6.92 Å². The predicted octanol–water partition coefficient (Wildman–Crippen LogP) is -0.708. The molecule has 0 aromatic rings. The number of rotatable bonds is 1. The van der Waals surface area contributed by atoms with Gasteiger partial charge in [-0.3, -0.25) is 0 Å². The Morgan fingerprint density at radius 1 is 2.40 bits per heavy atom. The van der Waals surface area contributed by atoms with Crippen LogP contribution in [0.2, 0.25) is 0 Å². The lowest BCUT2D eigenvalue weighted by Gasteiger charge is -1.92. The van der Waals surface area contributed by atoms with Gasteiger partial charge in [-0.25, -0.2) is 0 Å². The van der Waals surface area contributed by atoms with Crippen molar-refractivity contribution in [2.45, 2.75) is 12.9 Å². The highest BCUT2D eigenvalue weighted by atomic mass is 14.7. The van der Waals surface area contributed by atoms with E-state index >= 15 is 0 Å². The molecule has 1 unspecified atom stereocenters. The summed E-state index contributed by atoms with van der Waals surface area (Å²) in [6.45, 7) is -0.903. The first-order chi connectivity index (χ1) is 3.25. The summed E-state index contributed by atoms with van der Waals surface area (Å²) >= 11 is 0. The van der Waals surface area contributed by atoms with Crippen LogP contribution in [0.3, 0.4) is 0 Å². The van der Waals surface area contributed by atoms with E-state index in [1.807, 2.05) is 0 Å². The monoisotopic (exact) mass is 77.1 g/mol. The van der Waals surface area contributed by atoms with E-state index in [9.17, 15) is 0 Å². The summed E-state index contributed by atoms with van der Waals surface area (Å²) < 4.78 is 20.3. The van der Waals surface area contributed by atoms with Crippen LogP contribution in [0, 0.1) is 0 Å². The topological polar surface area (TPSA) is 52.0 Å². The largest absolute Gasteiger partial charge is 0.329 e. The van der Waals surface area contributed by atoms with Crippen molar-refractivity contribution in [3.05, 3.63) is 0 Å². The molecule has 2 heteroatoms. The van der Waals surface area contributed by atoms with Crippen molar-refractivity contribution in [1.29, 1.82) is 0 Å². The van der Waals surface area contributed by atoms with Crippen LogP contribution in [-0.4, -0.2) is 12.5 Å². The molecule has 4 N–H and O–H groups in total. The second kappa shape index (κ2) is 2.18. The van der Waals surface area contributed by atoms with Gasteiger partial charge in [0.05, 0.1) is 0 Å². The van der Waals surface area contributed by atoms with E-state index in [2.05, 4.69) is 0 Å². The van der Waals surface area contributed by atoms with Gasteiger partial charge < -0.3 is 11.5 Å². The summed E-state index contributed by atoms with van der Waals surface area (Å²) in [7, 11) is 0. The van der Waals surface area contributed by atoms with E-state index in [0.717, 1.165) is 0 Å². The highest BCUT2D eigenvalue weighted by Crippen LogP contribution is 1.59. The lowest BCUT2D eigenvalue weighted by Crippen LogP contribution is -2.25. The van der Waals surface area contributed by atoms with Gasteiger partial charge >= 0.3 is 0 Å². The Hall–Kier alpha value is -0.0800. The van der Waals surface area contributed by atoms with Crippen LogP contribution >= 0.6 is 0 Å². The van der Waals surface area contributed by atoms with Crippen LogP contribution < -0.4 is 11.5 Å². The van der Waals surface area contributed by atoms with Gasteiger partial charge in [0.25, 0.3) is 0 Å². The fourth-order valence-corrected chi connectivity index (χ4v) is 0. The summed E-state index contributed by atoms with van der Waals surface area (Å²) in [5, 5.41) is 0. The van der Waals surface area contributed by atoms with Crippen LogP contribution in [-0.2, 0) is 0 Å². The van der Waals surface area contributed by atoms with Gasteiger partial charge in [-0.05, 0) is 6.92 Å². The zero-order valence-corrected chi connectivity index (χ0v) is 3.15. The molecule has 0 rings (SSSR count). The van der Waals surface area contributed by atoms with Crippen LogP contribution in [0.25, 0.3) is 0 Å². The number of nitrogens with two attached hydrogens (primary N) is 2. The molecule has 1 atom stereocenters. The van der Waals surface area contributed by atoms with E-state index in [0.29, 0.717) is 0 Å². The van der Waals surface area contributed by atoms with Gasteiger partial charge in [-0.15, -0.1) is 0 Å². The summed E-state index contributed by atoms with van der Waals surface area (Å²) in [6, 6.07) is -1.70. The van der Waals surface area contributed by atoms with Crippen LogP contribution in [0.4, 0.5) is 0 Å². The van der Waals surface area contributed by atoms with Gasteiger partial charge in [0.15, 0.2) is 0 Å². The fourth-order valence-electron chi connectivity index (χ4n) is 0. The Balaban J connectivity index is 4.02. The number of hydrogen-bond acceptors (Lipinski definition) is 2. The van der Waals surface area contributed by atoms with Gasteiger partial charge in [0, 0.05) is 16.6 Å². The van der Waals surface area contributed by atoms with Crippen LogP contribution in [0.15, 0.2) is 0 Å². The molecule has 2 nitrogen and oxygen atoms in total. The van der Waals surface area contributed by atoms with Gasteiger partial charge in [0.1, 0.15) is 0 Å². The first-order valence-corrected chi connectivity index (χ1v) is 1.33. The third kappa shape index (κ3) is 3.92. The molecule has 0 spiro atoms. The lowest BCUT2D eigenvalue weighted by atomic mass is 10.4. The highest BCUT2D eigenvalue weighted by molar-refractivity contribution is 4.48. The maximum absolute atomic E-state index is 6.86. The average molecular weight is 77.1 g/mol. The second-order valence-corrected chi connectivity index (χ2v) is 0.827. The molecule has 5 heavy (non-hydrogen) atoms. The molecule has 0 saturated heterocycles. The minimum Gasteiger partial charge on any atom is -0.329 e. The first-order valence-electron chi connectivity index (χ1n) is 2.83. The average Bonchev–Trinajstić information content (AvgIpc) is 1.25. The first kappa shape index (κ1) is 1.58. The summed E-state index contributed by atoms with van der Waals surface area (Å²) in [4.78, 5) is 0. The zero-order valence-electron chi connectivity index (χ0n) is 6.15. The molecule has 0 aliphatic heterocycles. The molecular weight excluding hydrogens is 64.0 g/mol. The molecule has 0 amide bonds. The predicted molar refractivity (Wildman–Crippen MR) is 22.7 cm³/mol. The van der Waals surface area contributed by atoms with Crippen LogP contribution in [0.5, 0.6) is 0 Å². The van der Waals surface area contributed by atoms with E-state index in [-0.39, 0.29) is 0 Å². The lowest BCUT2D eigenvalue weighted by molar-refractivity contribution is 0.752. The van der Waals surface area contributed by atoms with E-state index in [4.69, 9.17) is 15.6 Å². The summed E-state index contributed by atoms with van der Waals surface area (Å²) in [5.74, 6) is 0. The molecule has 0 aromatic carbocycles. The zero-order chi connectivity index (χ0) is 7.00. The smallest absolute Gasteiger partial charge is 0.0473 e. The normalized spacial score (nSPS) is 33.0. The van der Waals surface area contributed by atoms with Crippen molar-refractivity contribution >= 4 is 0 Å². The maximum Gasteiger partial charge on any atom is 0.0473 e. The fraction of sp³-hybridized carbons (Fsp3) is 1.00. The molecule has 0 heterocycles. The van der Waals surface area contributed by atoms with E-state index < -0.39 is 12.5 Å². The molecule has 0 aromatic heterocycles. The Labute approximate surface area is 36.4 Å². The molecule has 0 bridgehead atoms. The Morgan fingerprint density at radius 3 is 2.60 bits per heavy atom. The van der Waals surface area contributed by atoms with Crippen LogP contribution in [0.1, 0.15) is 11.0 Å². The van der Waals surface area contributed by atoms with Crippen molar-refractivity contribution in [2.24, 2.45) is 11.5 Å². The Bertz CT molecular complexity index is 67.5. The molecular formula is C3H10N2. The molecule has 0 aliphatic carbocycles. The van der Waals surface area contributed by atoms with Gasteiger partial charge in [-0.2, -0.15) is 0 Å². The highest BCUT2D eigenvalue weighted by Gasteiger charge is 1.79. The van der Waals surface area contributed by atoms with E-state index in [1.54, 1.807) is 0 Å². The minimum absolute atomic E-state index is 1.22. The van der Waals surface area contributed by atoms with Crippen molar-refractivity contribution < 1.29 is 4.11 Å². The maximum atomic E-state index is 6.86. The minimum atomic E-state index is -2.12. The van der Waals surface area contributed by atoms with Gasteiger partial charge in [0.2, 0.25) is 0 Å². The van der Waals surface area contributed by atoms with Crippen molar-refractivity contribution in [2.75, 3.05) is 6.50 Å². The summed E-state index contributed by atoms with van der Waals surface area (Å²) in [5.41, 5.74) is 9.81. The third-order valence-electron chi connectivity index (χ3n) is 0.228. The Morgan fingerprint density at radius 2 is 2.60 bits per heavy atom. The van der Waals surface area contributed by atoms with Crippen molar-refractivity contribution in [1.82, 2.24) is 0 Å². The molecule has 0 radical (unpaired) electrons. The molecule has 0 saturated carbocycles. The third-order valence-corrected chi connectivity index (χ3v) is 0.228. The second-order valence-electron chi connectivity index (χ2n) is 0.827. The molecule has 0 aliphatic rings.